The number of thiocarbonyl (C=S) groups is 1. The fourth-order valence-electron chi connectivity index (χ4n) is 0.909. The van der Waals surface area contributed by atoms with Gasteiger partial charge in [-0.3, -0.25) is 4.67 Å². The van der Waals surface area contributed by atoms with E-state index < -0.39 is 6.64 Å². The summed E-state index contributed by atoms with van der Waals surface area (Å²) in [7, 11) is 0. The molecule has 1 aliphatic rings. The van der Waals surface area contributed by atoms with Crippen molar-refractivity contribution >= 4 is 35.7 Å². The first kappa shape index (κ1) is 8.56. The molecule has 3 nitrogen and oxygen atoms in total. The van der Waals surface area contributed by atoms with E-state index in [-0.39, 0.29) is 0 Å². The summed E-state index contributed by atoms with van der Waals surface area (Å²) in [6.45, 7) is -2.64. The van der Waals surface area contributed by atoms with Gasteiger partial charge in [0.2, 0.25) is 0 Å². The molecule has 0 spiro atoms. The van der Waals surface area contributed by atoms with Crippen LogP contribution in [-0.2, 0) is 11.8 Å². The van der Waals surface area contributed by atoms with Gasteiger partial charge in [-0.1, -0.05) is 12.2 Å². The van der Waals surface area contributed by atoms with E-state index in [0.29, 0.717) is 11.5 Å². The third-order valence-corrected chi connectivity index (χ3v) is 3.58. The summed E-state index contributed by atoms with van der Waals surface area (Å²) < 4.78 is 1.36. The van der Waals surface area contributed by atoms with Crippen molar-refractivity contribution in [2.45, 2.75) is 12.8 Å². The van der Waals surface area contributed by atoms with Crippen molar-refractivity contribution in [3.05, 3.63) is 0 Å². The molecule has 1 fully saturated rings. The second-order valence-corrected chi connectivity index (χ2v) is 5.58. The summed E-state index contributed by atoms with van der Waals surface area (Å²) in [6, 6.07) is 0. The number of hydrogen-bond donors (Lipinski definition) is 2. The van der Waals surface area contributed by atoms with Crippen LogP contribution in [-0.4, -0.2) is 26.0 Å². The van der Waals surface area contributed by atoms with E-state index in [1.807, 2.05) is 0 Å². The fraction of sp³-hybridized carbons (Fsp3) is 0.750. The van der Waals surface area contributed by atoms with Crippen molar-refractivity contribution < 1.29 is 9.79 Å². The molecular formula is C4H8NO2PS2. The molecule has 58 valence electrons. The lowest BCUT2D eigenvalue weighted by atomic mass is 10.4. The average Bonchev–Trinajstić information content (AvgIpc) is 2.11. The van der Waals surface area contributed by atoms with Gasteiger partial charge in [-0.25, -0.2) is 0 Å². The summed E-state index contributed by atoms with van der Waals surface area (Å²) in [6.07, 6.45) is 1.65. The summed E-state index contributed by atoms with van der Waals surface area (Å²) in [5.74, 6) is 0. The minimum atomic E-state index is -3.24. The Bertz CT molecular complexity index is 201. The van der Waals surface area contributed by atoms with Crippen LogP contribution in [0, 0.1) is 0 Å². The van der Waals surface area contributed by atoms with E-state index in [4.69, 9.17) is 22.0 Å². The van der Waals surface area contributed by atoms with E-state index >= 15 is 0 Å². The van der Waals surface area contributed by atoms with Gasteiger partial charge in [-0.15, -0.1) is 0 Å². The summed E-state index contributed by atoms with van der Waals surface area (Å²) in [5, 5.41) is 0. The van der Waals surface area contributed by atoms with E-state index in [9.17, 15) is 0 Å². The minimum Gasteiger partial charge on any atom is -0.329 e. The van der Waals surface area contributed by atoms with E-state index in [1.54, 1.807) is 0 Å². The number of nitrogens with zero attached hydrogens (tertiary/aromatic N) is 1. The molecule has 0 aromatic rings. The number of hydrogen-bond acceptors (Lipinski definition) is 2. The van der Waals surface area contributed by atoms with Crippen LogP contribution in [0.5, 0.6) is 0 Å². The third kappa shape index (κ3) is 1.74. The summed E-state index contributed by atoms with van der Waals surface area (Å²) in [5.41, 5.74) is 0. The largest absolute Gasteiger partial charge is 0.329 e. The van der Waals surface area contributed by atoms with Crippen molar-refractivity contribution in [3.8, 4) is 0 Å². The first-order chi connectivity index (χ1) is 4.52. The highest BCUT2D eigenvalue weighted by Crippen LogP contribution is 2.43. The van der Waals surface area contributed by atoms with Crippen molar-refractivity contribution in [3.63, 3.8) is 0 Å². The lowest BCUT2D eigenvalue weighted by Crippen LogP contribution is -2.18. The highest BCUT2D eigenvalue weighted by atomic mass is 32.5. The Morgan fingerprint density at radius 2 is 2.10 bits per heavy atom. The average molecular weight is 197 g/mol. The van der Waals surface area contributed by atoms with Gasteiger partial charge in [0.1, 0.15) is 0 Å². The molecule has 0 unspecified atom stereocenters. The highest BCUT2D eigenvalue weighted by Gasteiger charge is 2.26. The van der Waals surface area contributed by atoms with Gasteiger partial charge in [-0.05, 0) is 18.2 Å². The maximum atomic E-state index is 9.01. The van der Waals surface area contributed by atoms with Crippen molar-refractivity contribution in [1.82, 2.24) is 4.67 Å². The first-order valence-electron chi connectivity index (χ1n) is 2.88. The van der Waals surface area contributed by atoms with Crippen LogP contribution in [0.2, 0.25) is 0 Å². The highest BCUT2D eigenvalue weighted by molar-refractivity contribution is 8.08. The molecule has 6 heteroatoms. The summed E-state index contributed by atoms with van der Waals surface area (Å²) >= 11 is 9.34. The second-order valence-electron chi connectivity index (χ2n) is 2.13. The standard InChI is InChI=1S/C4H8NO2PS2/c6-8(7,10)5-3-1-2-4(5)9/h1-3H2,(H2,6,7,10). The molecule has 0 atom stereocenters. The molecule has 0 saturated carbocycles. The van der Waals surface area contributed by atoms with Crippen LogP contribution < -0.4 is 0 Å². The zero-order valence-electron chi connectivity index (χ0n) is 5.23. The van der Waals surface area contributed by atoms with Gasteiger partial charge in [0.25, 0.3) is 6.64 Å². The smallest absolute Gasteiger partial charge is 0.285 e. The van der Waals surface area contributed by atoms with Crippen molar-refractivity contribution in [2.24, 2.45) is 0 Å². The Morgan fingerprint density at radius 1 is 1.50 bits per heavy atom. The van der Waals surface area contributed by atoms with Gasteiger partial charge >= 0.3 is 0 Å². The maximum Gasteiger partial charge on any atom is 0.285 e. The zero-order valence-corrected chi connectivity index (χ0v) is 7.75. The van der Waals surface area contributed by atoms with Crippen molar-refractivity contribution in [1.29, 1.82) is 0 Å². The van der Waals surface area contributed by atoms with Crippen LogP contribution in [0.15, 0.2) is 0 Å². The second kappa shape index (κ2) is 2.83. The van der Waals surface area contributed by atoms with Gasteiger partial charge in [0, 0.05) is 13.0 Å². The van der Waals surface area contributed by atoms with E-state index in [0.717, 1.165) is 12.8 Å². The monoisotopic (exact) mass is 197 g/mol. The van der Waals surface area contributed by atoms with Gasteiger partial charge in [-0.2, -0.15) is 0 Å². The molecule has 1 saturated heterocycles. The molecule has 0 aromatic heterocycles. The van der Waals surface area contributed by atoms with Gasteiger partial charge in [0.05, 0.1) is 4.99 Å². The van der Waals surface area contributed by atoms with E-state index in [1.165, 1.54) is 4.67 Å². The molecule has 0 amide bonds. The lowest BCUT2D eigenvalue weighted by Gasteiger charge is -2.21. The lowest BCUT2D eigenvalue weighted by molar-refractivity contribution is 0.419. The van der Waals surface area contributed by atoms with E-state index in [2.05, 4.69) is 11.8 Å². The summed E-state index contributed by atoms with van der Waals surface area (Å²) in [4.78, 5) is 18.6. The molecule has 2 N–H and O–H groups in total. The Morgan fingerprint density at radius 3 is 2.30 bits per heavy atom. The molecule has 1 aliphatic heterocycles. The maximum absolute atomic E-state index is 9.01. The third-order valence-electron chi connectivity index (χ3n) is 1.36. The Balaban J connectivity index is 2.74. The zero-order chi connectivity index (χ0) is 7.78. The van der Waals surface area contributed by atoms with Crippen molar-refractivity contribution in [2.75, 3.05) is 6.54 Å². The van der Waals surface area contributed by atoms with Crippen LogP contribution >= 0.6 is 18.9 Å². The SMILES string of the molecule is OP(O)(=S)N1CCCC1=S. The normalized spacial score (nSPS) is 20.2. The molecular weight excluding hydrogens is 189 g/mol. The quantitative estimate of drug-likeness (QED) is 0.476. The molecule has 0 aliphatic carbocycles. The number of rotatable bonds is 1. The minimum absolute atomic E-state index is 0.591. The molecule has 0 aromatic carbocycles. The molecule has 1 rings (SSSR count). The molecule has 0 radical (unpaired) electrons. The predicted molar refractivity (Wildman–Crippen MR) is 47.3 cm³/mol. The first-order valence-corrected chi connectivity index (χ1v) is 5.95. The Labute approximate surface area is 69.9 Å². The van der Waals surface area contributed by atoms with Crippen LogP contribution in [0.25, 0.3) is 0 Å². The Kier molecular flexibility index (Phi) is 2.42. The molecule has 0 bridgehead atoms. The molecule has 1 heterocycles. The predicted octanol–water partition coefficient (Wildman–Crippen LogP) is 0.619. The topological polar surface area (TPSA) is 43.7 Å². The molecule has 10 heavy (non-hydrogen) atoms. The van der Waals surface area contributed by atoms with Crippen LogP contribution in [0.4, 0.5) is 0 Å². The van der Waals surface area contributed by atoms with Crippen LogP contribution in [0.1, 0.15) is 12.8 Å². The Hall–Kier alpha value is 0.460. The van der Waals surface area contributed by atoms with Gasteiger partial charge < -0.3 is 9.79 Å². The van der Waals surface area contributed by atoms with Gasteiger partial charge in [0.15, 0.2) is 0 Å². The van der Waals surface area contributed by atoms with Crippen LogP contribution in [0.3, 0.4) is 0 Å². The fourth-order valence-corrected chi connectivity index (χ4v) is 2.97.